The summed E-state index contributed by atoms with van der Waals surface area (Å²) in [5, 5.41) is 9.34. The molecule has 1 aromatic carbocycles. The molecule has 0 bridgehead atoms. The van der Waals surface area contributed by atoms with Crippen molar-refractivity contribution in [3.8, 4) is 17.2 Å². The summed E-state index contributed by atoms with van der Waals surface area (Å²) < 4.78 is 10.6. The number of nitrogens with zero attached hydrogens (tertiary/aromatic N) is 1. The van der Waals surface area contributed by atoms with Crippen molar-refractivity contribution in [2.75, 3.05) is 7.11 Å². The molecular formula is C13H15N2O3+. The predicted octanol–water partition coefficient (Wildman–Crippen LogP) is 1.25. The highest BCUT2D eigenvalue weighted by Gasteiger charge is 2.03. The Morgan fingerprint density at radius 1 is 1.22 bits per heavy atom. The second-order valence-electron chi connectivity index (χ2n) is 3.77. The summed E-state index contributed by atoms with van der Waals surface area (Å²) in [6, 6.07) is 8.59. The number of pyridine rings is 1. The predicted molar refractivity (Wildman–Crippen MR) is 65.8 cm³/mol. The van der Waals surface area contributed by atoms with Crippen LogP contribution >= 0.6 is 0 Å². The molecule has 0 unspecified atom stereocenters. The molecule has 0 amide bonds. The lowest BCUT2D eigenvalue weighted by Crippen LogP contribution is -2.40. The van der Waals surface area contributed by atoms with Gasteiger partial charge in [0.1, 0.15) is 18.1 Å². The van der Waals surface area contributed by atoms with E-state index in [0.29, 0.717) is 23.8 Å². The number of phenolic OH excluding ortho intramolecular Hbond substituents is 1. The maximum absolute atomic E-state index is 9.34. The zero-order valence-electron chi connectivity index (χ0n) is 10.1. The number of phenols is 1. The van der Waals surface area contributed by atoms with Crippen LogP contribution in [0.25, 0.3) is 0 Å². The van der Waals surface area contributed by atoms with Gasteiger partial charge >= 0.3 is 0 Å². The van der Waals surface area contributed by atoms with E-state index in [-0.39, 0.29) is 5.75 Å². The van der Waals surface area contributed by atoms with Gasteiger partial charge in [-0.05, 0) is 24.3 Å². The summed E-state index contributed by atoms with van der Waals surface area (Å²) in [4.78, 5) is 4.19. The fourth-order valence-corrected chi connectivity index (χ4v) is 1.43. The highest BCUT2D eigenvalue weighted by atomic mass is 16.5. The summed E-state index contributed by atoms with van der Waals surface area (Å²) in [7, 11) is 1.60. The Balaban J connectivity index is 1.99. The van der Waals surface area contributed by atoms with Crippen molar-refractivity contribution in [3.63, 3.8) is 0 Å². The van der Waals surface area contributed by atoms with E-state index in [2.05, 4.69) is 10.7 Å². The van der Waals surface area contributed by atoms with Crippen LogP contribution in [0.2, 0.25) is 0 Å². The van der Waals surface area contributed by atoms with E-state index >= 15 is 0 Å². The third-order valence-electron chi connectivity index (χ3n) is 2.47. The van der Waals surface area contributed by atoms with E-state index in [0.717, 1.165) is 5.69 Å². The zero-order chi connectivity index (χ0) is 13.0. The molecule has 0 aliphatic heterocycles. The fraction of sp³-hybridized carbons (Fsp3) is 0.154. The first kappa shape index (κ1) is 12.2. The van der Waals surface area contributed by atoms with Crippen LogP contribution in [-0.2, 0) is 6.61 Å². The Bertz CT molecular complexity index is 526. The molecule has 0 radical (unpaired) electrons. The van der Waals surface area contributed by atoms with Crippen LogP contribution in [-0.4, -0.2) is 17.2 Å². The fourth-order valence-electron chi connectivity index (χ4n) is 1.43. The van der Waals surface area contributed by atoms with Gasteiger partial charge < -0.3 is 20.3 Å². The number of rotatable bonds is 4. The second-order valence-corrected chi connectivity index (χ2v) is 3.77. The van der Waals surface area contributed by atoms with Crippen LogP contribution in [0.4, 0.5) is 5.69 Å². The van der Waals surface area contributed by atoms with Gasteiger partial charge in [0.2, 0.25) is 0 Å². The highest BCUT2D eigenvalue weighted by Crippen LogP contribution is 2.24. The number of hydrogen-bond donors (Lipinski definition) is 2. The van der Waals surface area contributed by atoms with Gasteiger partial charge in [-0.15, -0.1) is 0 Å². The van der Waals surface area contributed by atoms with Crippen LogP contribution in [0.15, 0.2) is 36.5 Å². The minimum Gasteiger partial charge on any atom is -0.503 e. The van der Waals surface area contributed by atoms with Crippen LogP contribution in [0.1, 0.15) is 5.69 Å². The number of benzene rings is 1. The second kappa shape index (κ2) is 5.37. The molecule has 1 heterocycles. The molecule has 4 N–H and O–H groups in total. The van der Waals surface area contributed by atoms with Gasteiger partial charge in [0.05, 0.1) is 19.0 Å². The minimum atomic E-state index is 0.157. The Hall–Kier alpha value is -2.27. The molecule has 0 fully saturated rings. The third kappa shape index (κ3) is 2.89. The zero-order valence-corrected chi connectivity index (χ0v) is 10.1. The van der Waals surface area contributed by atoms with Gasteiger partial charge in [-0.3, -0.25) is 4.98 Å². The molecule has 0 saturated carbocycles. The number of hydrogen-bond acceptors (Lipinski definition) is 4. The van der Waals surface area contributed by atoms with Gasteiger partial charge in [0, 0.05) is 6.07 Å². The first-order valence-electron chi connectivity index (χ1n) is 5.46. The highest BCUT2D eigenvalue weighted by molar-refractivity contribution is 5.48. The van der Waals surface area contributed by atoms with Crippen LogP contribution < -0.4 is 15.2 Å². The Morgan fingerprint density at radius 3 is 2.61 bits per heavy atom. The average molecular weight is 247 g/mol. The summed E-state index contributed by atoms with van der Waals surface area (Å²) in [6.07, 6.45) is 1.64. The lowest BCUT2D eigenvalue weighted by molar-refractivity contribution is -0.256. The lowest BCUT2D eigenvalue weighted by Gasteiger charge is -2.06. The smallest absolute Gasteiger partial charge is 0.177 e. The van der Waals surface area contributed by atoms with E-state index in [1.54, 1.807) is 31.5 Å². The molecular weight excluding hydrogens is 232 g/mol. The van der Waals surface area contributed by atoms with Crippen molar-refractivity contribution >= 4 is 5.69 Å². The molecule has 0 aliphatic carbocycles. The third-order valence-corrected chi connectivity index (χ3v) is 2.47. The number of ether oxygens (including phenoxy) is 2. The van der Waals surface area contributed by atoms with Crippen LogP contribution in [0.3, 0.4) is 0 Å². The number of quaternary nitrogens is 1. The monoisotopic (exact) mass is 247 g/mol. The summed E-state index contributed by atoms with van der Waals surface area (Å²) in [5.74, 6) is 1.52. The van der Waals surface area contributed by atoms with Gasteiger partial charge in [-0.1, -0.05) is 0 Å². The minimum absolute atomic E-state index is 0.157. The molecule has 0 atom stereocenters. The van der Waals surface area contributed by atoms with E-state index in [1.165, 1.54) is 0 Å². The standard InChI is InChI=1S/C13H14N2O3/c1-17-11-3-2-9(15-7-11)8-18-10-4-5-13(16)12(14)6-10/h2-7,16H,8,14H2,1H3/p+1. The Labute approximate surface area is 105 Å². The molecule has 0 saturated heterocycles. The quantitative estimate of drug-likeness (QED) is 0.852. The molecule has 18 heavy (non-hydrogen) atoms. The van der Waals surface area contributed by atoms with Gasteiger partial charge in [0.15, 0.2) is 11.4 Å². The number of aromatic nitrogens is 1. The van der Waals surface area contributed by atoms with Gasteiger partial charge in [-0.2, -0.15) is 0 Å². The van der Waals surface area contributed by atoms with E-state index < -0.39 is 0 Å². The normalized spacial score (nSPS) is 10.1. The summed E-state index contributed by atoms with van der Waals surface area (Å²) in [5.41, 5.74) is 5.03. The van der Waals surface area contributed by atoms with Gasteiger partial charge in [-0.25, -0.2) is 0 Å². The molecule has 1 aromatic heterocycles. The van der Waals surface area contributed by atoms with Crippen molar-refractivity contribution in [2.24, 2.45) is 0 Å². The molecule has 0 aliphatic rings. The maximum atomic E-state index is 9.34. The first-order valence-corrected chi connectivity index (χ1v) is 5.46. The van der Waals surface area contributed by atoms with Gasteiger partial charge in [0.25, 0.3) is 0 Å². The van der Waals surface area contributed by atoms with Crippen molar-refractivity contribution in [2.45, 2.75) is 6.61 Å². The summed E-state index contributed by atoms with van der Waals surface area (Å²) in [6.45, 7) is 0.355. The van der Waals surface area contributed by atoms with E-state index in [9.17, 15) is 5.11 Å². The molecule has 2 rings (SSSR count). The molecule has 94 valence electrons. The lowest BCUT2D eigenvalue weighted by atomic mass is 10.3. The molecule has 2 aromatic rings. The largest absolute Gasteiger partial charge is 0.503 e. The van der Waals surface area contributed by atoms with Crippen LogP contribution in [0, 0.1) is 0 Å². The summed E-state index contributed by atoms with van der Waals surface area (Å²) >= 11 is 0. The average Bonchev–Trinajstić information content (AvgIpc) is 2.41. The Morgan fingerprint density at radius 2 is 2.00 bits per heavy atom. The first-order chi connectivity index (χ1) is 8.69. The van der Waals surface area contributed by atoms with E-state index in [4.69, 9.17) is 9.47 Å². The Kier molecular flexibility index (Phi) is 3.64. The van der Waals surface area contributed by atoms with Crippen molar-refractivity contribution in [1.82, 2.24) is 4.98 Å². The van der Waals surface area contributed by atoms with Crippen molar-refractivity contribution < 1.29 is 20.3 Å². The number of aromatic hydroxyl groups is 1. The number of methoxy groups -OCH3 is 1. The molecule has 5 heteroatoms. The van der Waals surface area contributed by atoms with Crippen molar-refractivity contribution in [1.29, 1.82) is 0 Å². The topological polar surface area (TPSA) is 79.2 Å². The molecule has 0 spiro atoms. The maximum Gasteiger partial charge on any atom is 0.177 e. The SMILES string of the molecule is COc1ccc(COc2ccc(O)c([NH3+])c2)nc1. The molecule has 5 nitrogen and oxygen atoms in total. The van der Waals surface area contributed by atoms with E-state index in [1.807, 2.05) is 12.1 Å². The van der Waals surface area contributed by atoms with Crippen LogP contribution in [0.5, 0.6) is 17.2 Å². The van der Waals surface area contributed by atoms with Crippen molar-refractivity contribution in [3.05, 3.63) is 42.2 Å².